The number of aliphatic imine (C=N–C) groups is 2. The molecule has 2 aliphatic heterocycles. The van der Waals surface area contributed by atoms with Gasteiger partial charge >= 0.3 is 0 Å². The van der Waals surface area contributed by atoms with Gasteiger partial charge in [-0.1, -0.05) is 36.0 Å². The second-order valence-corrected chi connectivity index (χ2v) is 4.13. The van der Waals surface area contributed by atoms with Crippen molar-refractivity contribution in [2.45, 2.75) is 0 Å². The van der Waals surface area contributed by atoms with Crippen molar-refractivity contribution in [3.05, 3.63) is 46.5 Å². The molecule has 0 fully saturated rings. The maximum atomic E-state index is 4.49. The third kappa shape index (κ3) is 1.13. The Bertz CT molecular complexity index is 472. The molecule has 2 heterocycles. The molecule has 0 saturated carbocycles. The van der Waals surface area contributed by atoms with Crippen LogP contribution in [0.5, 0.6) is 0 Å². The van der Waals surface area contributed by atoms with Crippen LogP contribution in [0.2, 0.25) is 0 Å². The van der Waals surface area contributed by atoms with Crippen LogP contribution in [-0.4, -0.2) is 17.8 Å². The van der Waals surface area contributed by atoms with Crippen LogP contribution in [0.3, 0.4) is 0 Å². The smallest absolute Gasteiger partial charge is 0.0899 e. The molecule has 0 N–H and O–H groups in total. The number of fused-ring (bicyclic) bond motifs is 3. The molecule has 1 aromatic carbocycles. The summed E-state index contributed by atoms with van der Waals surface area (Å²) < 4.78 is 0. The number of rotatable bonds is 0. The van der Waals surface area contributed by atoms with Crippen molar-refractivity contribution in [2.75, 3.05) is 5.88 Å². The van der Waals surface area contributed by atoms with Gasteiger partial charge in [0.05, 0.1) is 16.5 Å². The van der Waals surface area contributed by atoms with Crippen LogP contribution in [0.4, 0.5) is 0 Å². The Balaban J connectivity index is 2.26. The van der Waals surface area contributed by atoms with Crippen LogP contribution in [0.15, 0.2) is 45.4 Å². The molecule has 1 aromatic rings. The van der Waals surface area contributed by atoms with Crippen molar-refractivity contribution in [3.63, 3.8) is 0 Å². The highest BCUT2D eigenvalue weighted by atomic mass is 32.2. The van der Waals surface area contributed by atoms with Crippen LogP contribution >= 0.6 is 11.8 Å². The van der Waals surface area contributed by atoms with Crippen molar-refractivity contribution < 1.29 is 0 Å². The average Bonchev–Trinajstić information content (AvgIpc) is 2.61. The summed E-state index contributed by atoms with van der Waals surface area (Å²) in [5, 5.41) is 0. The summed E-state index contributed by atoms with van der Waals surface area (Å²) in [5.74, 6) is 0.824. The molecule has 0 bridgehead atoms. The number of hydrogen-bond acceptors (Lipinski definition) is 3. The van der Waals surface area contributed by atoms with Crippen molar-refractivity contribution >= 4 is 23.7 Å². The molecule has 2 nitrogen and oxygen atoms in total. The molecule has 0 aliphatic carbocycles. The van der Waals surface area contributed by atoms with Crippen molar-refractivity contribution in [1.29, 1.82) is 0 Å². The summed E-state index contributed by atoms with van der Waals surface area (Å²) in [6.45, 7) is 0. The standard InChI is InChI=1S/C11H8N2S/c1-2-4-9-8(3-1)5-12-6-10-11(9)13-7-14-10/h1-6H,7H2. The van der Waals surface area contributed by atoms with Gasteiger partial charge in [0.2, 0.25) is 0 Å². The van der Waals surface area contributed by atoms with Gasteiger partial charge < -0.3 is 0 Å². The molecule has 0 radical (unpaired) electrons. The zero-order valence-corrected chi connectivity index (χ0v) is 8.29. The second kappa shape index (κ2) is 3.10. The molecule has 3 rings (SSSR count). The topological polar surface area (TPSA) is 24.7 Å². The largest absolute Gasteiger partial charge is 0.272 e. The Hall–Kier alpha value is -1.35. The molecule has 0 saturated heterocycles. The van der Waals surface area contributed by atoms with Gasteiger partial charge in [-0.25, -0.2) is 0 Å². The van der Waals surface area contributed by atoms with Gasteiger partial charge in [0.25, 0.3) is 0 Å². The highest BCUT2D eigenvalue weighted by molar-refractivity contribution is 8.04. The molecule has 0 spiro atoms. The van der Waals surface area contributed by atoms with Gasteiger partial charge in [-0.15, -0.1) is 0 Å². The van der Waals surface area contributed by atoms with E-state index in [1.54, 1.807) is 11.8 Å². The van der Waals surface area contributed by atoms with Crippen molar-refractivity contribution in [2.24, 2.45) is 9.98 Å². The first kappa shape index (κ1) is 8.00. The average molecular weight is 200 g/mol. The maximum Gasteiger partial charge on any atom is 0.0899 e. The monoisotopic (exact) mass is 200 g/mol. The number of allylic oxidation sites excluding steroid dienone is 1. The van der Waals surface area contributed by atoms with E-state index in [-0.39, 0.29) is 0 Å². The number of hydrogen-bond donors (Lipinski definition) is 0. The molecule has 0 unspecified atom stereocenters. The molecule has 0 aromatic heterocycles. The number of nitrogens with zero attached hydrogens (tertiary/aromatic N) is 2. The lowest BCUT2D eigenvalue weighted by Gasteiger charge is -2.03. The summed E-state index contributed by atoms with van der Waals surface area (Å²) in [4.78, 5) is 9.94. The minimum absolute atomic E-state index is 0.824. The normalized spacial score (nSPS) is 18.0. The predicted octanol–water partition coefficient (Wildman–Crippen LogP) is 2.45. The lowest BCUT2D eigenvalue weighted by atomic mass is 10.0. The molecule has 14 heavy (non-hydrogen) atoms. The Labute approximate surface area is 86.5 Å². The first-order chi connectivity index (χ1) is 6.95. The van der Waals surface area contributed by atoms with Gasteiger partial charge in [-0.3, -0.25) is 9.98 Å². The lowest BCUT2D eigenvalue weighted by Crippen LogP contribution is -2.01. The van der Waals surface area contributed by atoms with Crippen LogP contribution in [0, 0.1) is 0 Å². The predicted molar refractivity (Wildman–Crippen MR) is 61.1 cm³/mol. The summed E-state index contributed by atoms with van der Waals surface area (Å²) >= 11 is 1.75. The van der Waals surface area contributed by atoms with Gasteiger partial charge in [-0.05, 0) is 0 Å². The molecule has 0 amide bonds. The van der Waals surface area contributed by atoms with Crippen LogP contribution in [0.25, 0.3) is 0 Å². The molecule has 0 atom stereocenters. The Morgan fingerprint density at radius 3 is 3.14 bits per heavy atom. The first-order valence-electron chi connectivity index (χ1n) is 4.45. The number of benzene rings is 1. The zero-order chi connectivity index (χ0) is 9.38. The summed E-state index contributed by atoms with van der Waals surface area (Å²) in [7, 11) is 0. The molecular formula is C11H8N2S. The zero-order valence-electron chi connectivity index (χ0n) is 7.47. The number of thioether (sulfide) groups is 1. The van der Waals surface area contributed by atoms with E-state index in [1.165, 1.54) is 10.5 Å². The Morgan fingerprint density at radius 1 is 1.21 bits per heavy atom. The van der Waals surface area contributed by atoms with Gasteiger partial charge in [0.1, 0.15) is 0 Å². The van der Waals surface area contributed by atoms with E-state index in [9.17, 15) is 0 Å². The highest BCUT2D eigenvalue weighted by Gasteiger charge is 2.19. The van der Waals surface area contributed by atoms with Crippen LogP contribution in [0.1, 0.15) is 11.1 Å². The maximum absolute atomic E-state index is 4.49. The van der Waals surface area contributed by atoms with Gasteiger partial charge in [0.15, 0.2) is 0 Å². The van der Waals surface area contributed by atoms with Crippen LogP contribution < -0.4 is 0 Å². The van der Waals surface area contributed by atoms with E-state index in [1.807, 2.05) is 24.5 Å². The minimum atomic E-state index is 0.824. The SMILES string of the molecule is C1=NC=C2SCN=C2c2ccccc21. The minimum Gasteiger partial charge on any atom is -0.272 e. The summed E-state index contributed by atoms with van der Waals surface area (Å²) in [5.41, 5.74) is 3.45. The highest BCUT2D eigenvalue weighted by Crippen LogP contribution is 2.30. The van der Waals surface area contributed by atoms with Crippen LogP contribution in [-0.2, 0) is 0 Å². The lowest BCUT2D eigenvalue weighted by molar-refractivity contribution is 1.40. The van der Waals surface area contributed by atoms with E-state index in [2.05, 4.69) is 22.1 Å². The van der Waals surface area contributed by atoms with E-state index >= 15 is 0 Å². The quantitative estimate of drug-likeness (QED) is 0.631. The fourth-order valence-electron chi connectivity index (χ4n) is 1.64. The fourth-order valence-corrected chi connectivity index (χ4v) is 2.42. The third-order valence-corrected chi connectivity index (χ3v) is 3.17. The van der Waals surface area contributed by atoms with Crippen molar-refractivity contribution in [1.82, 2.24) is 0 Å². The fraction of sp³-hybridized carbons (Fsp3) is 0.0909. The summed E-state index contributed by atoms with van der Waals surface area (Å²) in [6.07, 6.45) is 3.79. The first-order valence-corrected chi connectivity index (χ1v) is 5.44. The summed E-state index contributed by atoms with van der Waals surface area (Å²) in [6, 6.07) is 8.24. The van der Waals surface area contributed by atoms with Crippen molar-refractivity contribution in [3.8, 4) is 0 Å². The van der Waals surface area contributed by atoms with E-state index in [0.717, 1.165) is 17.2 Å². The van der Waals surface area contributed by atoms with Gasteiger partial charge in [0, 0.05) is 23.5 Å². The molecule has 2 aliphatic rings. The third-order valence-electron chi connectivity index (χ3n) is 2.30. The van der Waals surface area contributed by atoms with E-state index in [0.29, 0.717) is 0 Å². The Morgan fingerprint density at radius 2 is 2.14 bits per heavy atom. The molecule has 3 heteroatoms. The second-order valence-electron chi connectivity index (χ2n) is 3.14. The van der Waals surface area contributed by atoms with E-state index in [4.69, 9.17) is 0 Å². The Kier molecular flexibility index (Phi) is 1.77. The van der Waals surface area contributed by atoms with E-state index < -0.39 is 0 Å². The molecular weight excluding hydrogens is 192 g/mol. The molecule has 68 valence electrons. The van der Waals surface area contributed by atoms with Gasteiger partial charge in [-0.2, -0.15) is 0 Å².